The van der Waals surface area contributed by atoms with Gasteiger partial charge >= 0.3 is 6.09 Å². The second-order valence-corrected chi connectivity index (χ2v) is 9.79. The third kappa shape index (κ3) is 5.97. The van der Waals surface area contributed by atoms with E-state index in [1.54, 1.807) is 42.2 Å². The lowest BCUT2D eigenvalue weighted by atomic mass is 10.2. The molecule has 190 valence electrons. The second-order valence-electron chi connectivity index (χ2n) is 7.93. The number of anilines is 1. The van der Waals surface area contributed by atoms with Crippen LogP contribution >= 0.6 is 0 Å². The number of hydrogen-bond acceptors (Lipinski definition) is 7. The number of rotatable bonds is 8. The van der Waals surface area contributed by atoms with Crippen LogP contribution in [0.5, 0.6) is 11.5 Å². The van der Waals surface area contributed by atoms with Crippen LogP contribution in [-0.4, -0.2) is 83.8 Å². The van der Waals surface area contributed by atoms with Gasteiger partial charge in [-0.25, -0.2) is 13.2 Å². The summed E-state index contributed by atoms with van der Waals surface area (Å²) >= 11 is 0. The highest BCUT2D eigenvalue weighted by atomic mass is 32.2. The van der Waals surface area contributed by atoms with Crippen molar-refractivity contribution in [3.05, 3.63) is 48.0 Å². The van der Waals surface area contributed by atoms with Crippen molar-refractivity contribution in [1.29, 1.82) is 0 Å². The highest BCUT2D eigenvalue weighted by molar-refractivity contribution is 7.92. The second kappa shape index (κ2) is 11.3. The fraction of sp³-hybridized carbons (Fsp3) is 0.417. The maximum atomic E-state index is 13.7. The van der Waals surface area contributed by atoms with Crippen LogP contribution in [0.4, 0.5) is 10.5 Å². The van der Waals surface area contributed by atoms with E-state index in [-0.39, 0.29) is 41.9 Å². The van der Waals surface area contributed by atoms with Crippen molar-refractivity contribution in [2.45, 2.75) is 18.7 Å². The number of hydrogen-bond donors (Lipinski definition) is 0. The van der Waals surface area contributed by atoms with Crippen LogP contribution in [0, 0.1) is 6.92 Å². The molecule has 35 heavy (non-hydrogen) atoms. The first-order chi connectivity index (χ1) is 16.7. The number of sulfonamides is 1. The molecule has 0 aromatic heterocycles. The number of nitrogens with zero attached hydrogens (tertiary/aromatic N) is 3. The number of methoxy groups -OCH3 is 2. The fourth-order valence-electron chi connectivity index (χ4n) is 3.70. The van der Waals surface area contributed by atoms with Crippen LogP contribution in [0.3, 0.4) is 0 Å². The van der Waals surface area contributed by atoms with E-state index in [1.807, 2.05) is 6.92 Å². The molecule has 3 rings (SSSR count). The van der Waals surface area contributed by atoms with E-state index >= 15 is 0 Å². The lowest BCUT2D eigenvalue weighted by molar-refractivity contribution is -0.131. The first-order valence-corrected chi connectivity index (χ1v) is 12.7. The topological polar surface area (TPSA) is 106 Å². The van der Waals surface area contributed by atoms with Gasteiger partial charge in [-0.05, 0) is 38.1 Å². The van der Waals surface area contributed by atoms with Crippen molar-refractivity contribution in [2.24, 2.45) is 0 Å². The molecule has 0 unspecified atom stereocenters. The SMILES string of the molecule is CCOC(=O)N1CCN(C(=O)CN(c2ccc(OC)cc2OC)S(=O)(=O)c2ccc(C)cc2)CC1. The molecular formula is C24H31N3O7S. The van der Waals surface area contributed by atoms with Crippen LogP contribution in [0.1, 0.15) is 12.5 Å². The average Bonchev–Trinajstić information content (AvgIpc) is 2.87. The zero-order valence-corrected chi connectivity index (χ0v) is 21.2. The maximum Gasteiger partial charge on any atom is 0.409 e. The standard InChI is InChI=1S/C24H31N3O7S/c1-5-34-24(29)26-14-12-25(13-15-26)23(28)17-27(21-11-8-19(32-3)16-22(21)33-4)35(30,31)20-9-6-18(2)7-10-20/h6-11,16H,5,12-15,17H2,1-4H3. The Morgan fingerprint density at radius 2 is 1.57 bits per heavy atom. The summed E-state index contributed by atoms with van der Waals surface area (Å²) in [6.45, 7) is 4.59. The van der Waals surface area contributed by atoms with Crippen molar-refractivity contribution in [1.82, 2.24) is 9.80 Å². The number of carbonyl (C=O) groups is 2. The van der Waals surface area contributed by atoms with Crippen LogP contribution in [-0.2, 0) is 19.6 Å². The van der Waals surface area contributed by atoms with Gasteiger partial charge in [0.05, 0.1) is 31.4 Å². The highest BCUT2D eigenvalue weighted by Gasteiger charge is 2.32. The Morgan fingerprint density at radius 3 is 2.14 bits per heavy atom. The van der Waals surface area contributed by atoms with Gasteiger partial charge in [-0.1, -0.05) is 17.7 Å². The van der Waals surface area contributed by atoms with Crippen LogP contribution < -0.4 is 13.8 Å². The van der Waals surface area contributed by atoms with Crippen molar-refractivity contribution in [2.75, 3.05) is 57.9 Å². The Bertz CT molecular complexity index is 1140. The molecule has 2 aromatic rings. The highest BCUT2D eigenvalue weighted by Crippen LogP contribution is 2.35. The van der Waals surface area contributed by atoms with Crippen LogP contribution in [0.15, 0.2) is 47.4 Å². The first-order valence-electron chi connectivity index (χ1n) is 11.2. The molecule has 0 spiro atoms. The largest absolute Gasteiger partial charge is 0.497 e. The van der Waals surface area contributed by atoms with E-state index < -0.39 is 22.7 Å². The van der Waals surface area contributed by atoms with Crippen molar-refractivity contribution >= 4 is 27.7 Å². The minimum Gasteiger partial charge on any atom is -0.497 e. The molecule has 1 heterocycles. The quantitative estimate of drug-likeness (QED) is 0.543. The molecule has 11 heteroatoms. The third-order valence-corrected chi connectivity index (χ3v) is 7.48. The average molecular weight is 506 g/mol. The minimum absolute atomic E-state index is 0.0564. The summed E-state index contributed by atoms with van der Waals surface area (Å²) in [4.78, 5) is 28.3. The number of amides is 2. The molecule has 0 N–H and O–H groups in total. The van der Waals surface area contributed by atoms with Crippen molar-refractivity contribution < 1.29 is 32.2 Å². The summed E-state index contributed by atoms with van der Waals surface area (Å²) in [6, 6.07) is 11.1. The van der Waals surface area contributed by atoms with Gasteiger partial charge < -0.3 is 24.0 Å². The van der Waals surface area contributed by atoms with Gasteiger partial charge in [-0.2, -0.15) is 0 Å². The van der Waals surface area contributed by atoms with Crippen molar-refractivity contribution in [3.63, 3.8) is 0 Å². The number of piperazine rings is 1. The smallest absolute Gasteiger partial charge is 0.409 e. The van der Waals surface area contributed by atoms with Gasteiger partial charge in [0.1, 0.15) is 18.0 Å². The third-order valence-electron chi connectivity index (χ3n) is 5.70. The molecular weight excluding hydrogens is 474 g/mol. The number of carbonyl (C=O) groups excluding carboxylic acids is 2. The molecule has 0 radical (unpaired) electrons. The Hall–Kier alpha value is -3.47. The Labute approximate surface area is 206 Å². The predicted molar refractivity (Wildman–Crippen MR) is 130 cm³/mol. The molecule has 0 saturated carbocycles. The molecule has 1 fully saturated rings. The molecule has 10 nitrogen and oxygen atoms in total. The molecule has 2 aromatic carbocycles. The molecule has 1 saturated heterocycles. The van der Waals surface area contributed by atoms with Gasteiger partial charge in [0.25, 0.3) is 10.0 Å². The van der Waals surface area contributed by atoms with E-state index in [0.29, 0.717) is 18.8 Å². The van der Waals surface area contributed by atoms with E-state index in [9.17, 15) is 18.0 Å². The summed E-state index contributed by atoms with van der Waals surface area (Å²) in [5, 5.41) is 0. The van der Waals surface area contributed by atoms with Gasteiger partial charge in [-0.15, -0.1) is 0 Å². The van der Waals surface area contributed by atoms with Gasteiger partial charge in [-0.3, -0.25) is 9.10 Å². The first kappa shape index (κ1) is 26.1. The van der Waals surface area contributed by atoms with Gasteiger partial charge in [0.15, 0.2) is 0 Å². The van der Waals surface area contributed by atoms with E-state index in [0.717, 1.165) is 9.87 Å². The van der Waals surface area contributed by atoms with Crippen LogP contribution in [0.25, 0.3) is 0 Å². The summed E-state index contributed by atoms with van der Waals surface area (Å²) in [6.07, 6.45) is -0.425. The van der Waals surface area contributed by atoms with E-state index in [1.165, 1.54) is 31.3 Å². The number of ether oxygens (including phenoxy) is 3. The monoisotopic (exact) mass is 505 g/mol. The zero-order chi connectivity index (χ0) is 25.6. The Kier molecular flexibility index (Phi) is 8.44. The number of aryl methyl sites for hydroxylation is 1. The lowest BCUT2D eigenvalue weighted by Crippen LogP contribution is -2.53. The summed E-state index contributed by atoms with van der Waals surface area (Å²) in [7, 11) is -1.19. The normalized spacial score (nSPS) is 13.8. The molecule has 2 amide bonds. The molecule has 0 bridgehead atoms. The fourth-order valence-corrected chi connectivity index (χ4v) is 5.13. The lowest BCUT2D eigenvalue weighted by Gasteiger charge is -2.35. The summed E-state index contributed by atoms with van der Waals surface area (Å²) in [5.41, 5.74) is 1.13. The predicted octanol–water partition coefficient (Wildman–Crippen LogP) is 2.51. The van der Waals surface area contributed by atoms with Gasteiger partial charge in [0.2, 0.25) is 5.91 Å². The molecule has 1 aliphatic heterocycles. The zero-order valence-electron chi connectivity index (χ0n) is 20.4. The summed E-state index contributed by atoms with van der Waals surface area (Å²) < 4.78 is 44.1. The molecule has 0 aliphatic carbocycles. The Morgan fingerprint density at radius 1 is 0.943 bits per heavy atom. The maximum absolute atomic E-state index is 13.7. The summed E-state index contributed by atoms with van der Waals surface area (Å²) in [5.74, 6) is 0.349. The molecule has 1 aliphatic rings. The van der Waals surface area contributed by atoms with Gasteiger partial charge in [0, 0.05) is 32.2 Å². The van der Waals surface area contributed by atoms with E-state index in [4.69, 9.17) is 14.2 Å². The molecule has 0 atom stereocenters. The minimum atomic E-state index is -4.11. The van der Waals surface area contributed by atoms with Crippen LogP contribution in [0.2, 0.25) is 0 Å². The van der Waals surface area contributed by atoms with E-state index in [2.05, 4.69) is 0 Å². The van der Waals surface area contributed by atoms with Crippen molar-refractivity contribution in [3.8, 4) is 11.5 Å². The number of benzene rings is 2. The Balaban J connectivity index is 1.90.